The minimum atomic E-state index is -3.94. The monoisotopic (exact) mass is 818 g/mol. The molecule has 0 radical (unpaired) electrons. The first-order valence-electron chi connectivity index (χ1n) is 19.3. The number of carbonyl (C=O) groups excluding carboxylic acids is 4. The van der Waals surface area contributed by atoms with E-state index in [4.69, 9.17) is 28.6 Å². The molecule has 4 heterocycles. The number of nitrogens with one attached hydrogen (secondary N) is 3. The number of hydrogen-bond donors (Lipinski definition) is 3. The standard InChI is InChI=1S/C40H43FN6O10S/c1-54-25-11-8-9-22(17-25)34-43-32-28-18-24(41)13-16-31(28)57-33(32)36(44-34)56-26-19-30-35(48)45-40(38(50)46-58(52,53)27-14-15-27)20-23(40)10-6-4-3-5-7-12-29(42-39(51)55-2)37(49)47(30)21-26/h6,8-11,13,16-18,23,26-27,29-30H,3-5,7,12,14-15,19-21H2,1-2H3,(H,42,51)(H,45,48)(H,46,50)/b10-6-/t23-,26+,29-,30-,40+/m0/s1. The molecule has 58 heavy (non-hydrogen) atoms. The summed E-state index contributed by atoms with van der Waals surface area (Å²) in [5.74, 6) is -2.39. The zero-order valence-corrected chi connectivity index (χ0v) is 32.7. The molecule has 3 N–H and O–H groups in total. The normalized spacial score (nSPS) is 25.7. The number of aromatic nitrogens is 2. The fraction of sp³-hybridized carbons (Fsp3) is 0.450. The summed E-state index contributed by atoms with van der Waals surface area (Å²) in [5.41, 5.74) is -0.311. The van der Waals surface area contributed by atoms with Crippen LogP contribution in [0.1, 0.15) is 57.8 Å². The molecule has 306 valence electrons. The number of amides is 4. The van der Waals surface area contributed by atoms with Crippen molar-refractivity contribution in [2.75, 3.05) is 20.8 Å². The maximum Gasteiger partial charge on any atom is 0.407 e. The Morgan fingerprint density at radius 3 is 2.66 bits per heavy atom. The smallest absolute Gasteiger partial charge is 0.407 e. The topological polar surface area (TPSA) is 208 Å². The summed E-state index contributed by atoms with van der Waals surface area (Å²) in [5, 5.41) is 5.16. The second kappa shape index (κ2) is 15.5. The van der Waals surface area contributed by atoms with Gasteiger partial charge in [0.1, 0.15) is 46.4 Å². The van der Waals surface area contributed by atoms with Gasteiger partial charge < -0.3 is 34.2 Å². The zero-order valence-electron chi connectivity index (χ0n) is 31.9. The van der Waals surface area contributed by atoms with E-state index >= 15 is 0 Å². The van der Waals surface area contributed by atoms with Crippen LogP contribution >= 0.6 is 0 Å². The van der Waals surface area contributed by atoms with Gasteiger partial charge in [-0.15, -0.1) is 0 Å². The van der Waals surface area contributed by atoms with Crippen molar-refractivity contribution in [3.8, 4) is 23.0 Å². The van der Waals surface area contributed by atoms with Gasteiger partial charge in [-0.2, -0.15) is 4.98 Å². The van der Waals surface area contributed by atoms with E-state index in [0.717, 1.165) is 12.8 Å². The van der Waals surface area contributed by atoms with Crippen LogP contribution in [-0.4, -0.2) is 96.8 Å². The van der Waals surface area contributed by atoms with Gasteiger partial charge in [-0.1, -0.05) is 37.1 Å². The number of rotatable bonds is 8. The SMILES string of the molecule is COC(=O)N[C@H]1CCCCC/C=C\[C@H]2C[C@@]2(C(=O)NS(=O)(=O)C2CC2)NC(=O)[C@@H]2C[C@@H](Oc3nc(-c4cccc(OC)c4)nc4c3oc3ccc(F)cc34)CN2C1=O. The molecule has 16 nitrogen and oxygen atoms in total. The first kappa shape index (κ1) is 39.1. The Labute approximate surface area is 332 Å². The number of fused-ring (bicyclic) bond motifs is 5. The minimum Gasteiger partial charge on any atom is -0.497 e. The molecule has 2 aromatic heterocycles. The number of hydrogen-bond acceptors (Lipinski definition) is 12. The third kappa shape index (κ3) is 7.76. The first-order valence-corrected chi connectivity index (χ1v) is 20.8. The number of halogens is 1. The van der Waals surface area contributed by atoms with Crippen molar-refractivity contribution in [1.29, 1.82) is 0 Å². The number of allylic oxidation sites excluding steroid dienone is 1. The molecule has 8 rings (SSSR count). The van der Waals surface area contributed by atoms with E-state index in [1.807, 2.05) is 12.2 Å². The molecule has 4 aliphatic rings. The second-order valence-electron chi connectivity index (χ2n) is 15.2. The lowest BCUT2D eigenvalue weighted by Gasteiger charge is -2.29. The highest BCUT2D eigenvalue weighted by molar-refractivity contribution is 7.91. The summed E-state index contributed by atoms with van der Waals surface area (Å²) in [4.78, 5) is 65.9. The summed E-state index contributed by atoms with van der Waals surface area (Å²) in [6, 6.07) is 8.73. The van der Waals surface area contributed by atoms with E-state index in [9.17, 15) is 32.0 Å². The lowest BCUT2D eigenvalue weighted by Crippen LogP contribution is -2.58. The number of sulfonamides is 1. The van der Waals surface area contributed by atoms with Crippen LogP contribution in [0, 0.1) is 11.7 Å². The van der Waals surface area contributed by atoms with Crippen molar-refractivity contribution in [1.82, 2.24) is 30.2 Å². The highest BCUT2D eigenvalue weighted by atomic mass is 32.2. The number of nitrogens with zero attached hydrogens (tertiary/aromatic N) is 3. The predicted octanol–water partition coefficient (Wildman–Crippen LogP) is 4.27. The third-order valence-electron chi connectivity index (χ3n) is 11.2. The van der Waals surface area contributed by atoms with Gasteiger partial charge in [-0.05, 0) is 68.9 Å². The number of alkyl carbamates (subject to hydrolysis) is 1. The van der Waals surface area contributed by atoms with Gasteiger partial charge in [0.15, 0.2) is 5.82 Å². The van der Waals surface area contributed by atoms with E-state index in [2.05, 4.69) is 15.4 Å². The van der Waals surface area contributed by atoms with Crippen molar-refractivity contribution in [2.45, 2.75) is 86.8 Å². The van der Waals surface area contributed by atoms with Crippen molar-refractivity contribution < 1.29 is 50.6 Å². The number of benzene rings is 2. The van der Waals surface area contributed by atoms with Crippen LogP contribution in [0.5, 0.6) is 11.6 Å². The summed E-state index contributed by atoms with van der Waals surface area (Å²) >= 11 is 0. The van der Waals surface area contributed by atoms with Crippen molar-refractivity contribution in [3.63, 3.8) is 0 Å². The molecule has 5 atom stereocenters. The summed E-state index contributed by atoms with van der Waals surface area (Å²) < 4.78 is 65.4. The molecule has 0 bridgehead atoms. The molecule has 1 saturated heterocycles. The predicted molar refractivity (Wildman–Crippen MR) is 206 cm³/mol. The molecule has 0 spiro atoms. The van der Waals surface area contributed by atoms with Crippen LogP contribution in [0.4, 0.5) is 9.18 Å². The van der Waals surface area contributed by atoms with Crippen LogP contribution in [0.3, 0.4) is 0 Å². The average Bonchev–Trinajstić information content (AvgIpc) is 4.11. The Morgan fingerprint density at radius 1 is 1.05 bits per heavy atom. The van der Waals surface area contributed by atoms with Gasteiger partial charge in [-0.3, -0.25) is 19.1 Å². The molecule has 2 saturated carbocycles. The Balaban J connectivity index is 1.16. The molecule has 18 heteroatoms. The van der Waals surface area contributed by atoms with E-state index in [0.29, 0.717) is 48.0 Å². The summed E-state index contributed by atoms with van der Waals surface area (Å²) in [6.45, 7) is -0.149. The lowest BCUT2D eigenvalue weighted by molar-refractivity contribution is -0.141. The third-order valence-corrected chi connectivity index (χ3v) is 13.0. The average molecular weight is 819 g/mol. The van der Waals surface area contributed by atoms with Crippen molar-refractivity contribution in [2.24, 2.45) is 5.92 Å². The molecule has 2 aliphatic heterocycles. The molecule has 4 amide bonds. The van der Waals surface area contributed by atoms with E-state index in [1.165, 1.54) is 37.3 Å². The first-order chi connectivity index (χ1) is 27.9. The molecular formula is C40H43FN6O10S. The Morgan fingerprint density at radius 2 is 1.88 bits per heavy atom. The zero-order chi connectivity index (χ0) is 40.8. The molecular weight excluding hydrogens is 776 g/mol. The lowest BCUT2D eigenvalue weighted by atomic mass is 10.1. The molecule has 2 aromatic carbocycles. The Kier molecular flexibility index (Phi) is 10.5. The molecule has 0 unspecified atom stereocenters. The maximum absolute atomic E-state index is 14.5. The summed E-state index contributed by atoms with van der Waals surface area (Å²) in [7, 11) is -1.23. The number of carbonyl (C=O) groups is 4. The van der Waals surface area contributed by atoms with Gasteiger partial charge in [0, 0.05) is 23.3 Å². The number of furan rings is 1. The second-order valence-corrected chi connectivity index (χ2v) is 17.1. The van der Waals surface area contributed by atoms with Crippen LogP contribution in [0.2, 0.25) is 0 Å². The minimum absolute atomic E-state index is 0.0298. The quantitative estimate of drug-likeness (QED) is 0.213. The molecule has 2 aliphatic carbocycles. The van der Waals surface area contributed by atoms with Crippen LogP contribution in [0.25, 0.3) is 33.5 Å². The molecule has 3 fully saturated rings. The van der Waals surface area contributed by atoms with Gasteiger partial charge in [0.2, 0.25) is 27.4 Å². The van der Waals surface area contributed by atoms with Crippen LogP contribution < -0.4 is 24.8 Å². The van der Waals surface area contributed by atoms with Crippen molar-refractivity contribution in [3.05, 3.63) is 60.4 Å². The maximum atomic E-state index is 14.5. The largest absolute Gasteiger partial charge is 0.497 e. The highest BCUT2D eigenvalue weighted by Gasteiger charge is 2.62. The highest BCUT2D eigenvalue weighted by Crippen LogP contribution is 2.46. The van der Waals surface area contributed by atoms with Gasteiger partial charge >= 0.3 is 6.09 Å². The Bertz CT molecular complexity index is 2440. The Hall–Kier alpha value is -5.78. The summed E-state index contributed by atoms with van der Waals surface area (Å²) in [6.07, 6.45) is 5.95. The fourth-order valence-electron chi connectivity index (χ4n) is 7.77. The number of ether oxygens (including phenoxy) is 3. The van der Waals surface area contributed by atoms with Crippen molar-refractivity contribution >= 4 is 55.9 Å². The van der Waals surface area contributed by atoms with E-state index in [1.54, 1.807) is 24.3 Å². The van der Waals surface area contributed by atoms with Gasteiger partial charge in [0.25, 0.3) is 11.8 Å². The number of methoxy groups -OCH3 is 2. The van der Waals surface area contributed by atoms with Crippen LogP contribution in [0.15, 0.2) is 59.0 Å². The van der Waals surface area contributed by atoms with Gasteiger partial charge in [-0.25, -0.2) is 22.6 Å². The van der Waals surface area contributed by atoms with E-state index < -0.39 is 74.5 Å². The molecule has 4 aromatic rings. The van der Waals surface area contributed by atoms with Gasteiger partial charge in [0.05, 0.1) is 26.0 Å². The fourth-order valence-corrected chi connectivity index (χ4v) is 9.13. The van der Waals surface area contributed by atoms with Crippen LogP contribution in [-0.2, 0) is 29.1 Å². The van der Waals surface area contributed by atoms with E-state index in [-0.39, 0.29) is 48.6 Å².